The average molecular weight is 365 g/mol. The lowest BCUT2D eigenvalue weighted by molar-refractivity contribution is -0.137. The van der Waals surface area contributed by atoms with Gasteiger partial charge in [-0.1, -0.05) is 12.1 Å². The van der Waals surface area contributed by atoms with Crippen molar-refractivity contribution in [2.24, 2.45) is 0 Å². The van der Waals surface area contributed by atoms with Crippen LogP contribution in [-0.4, -0.2) is 34.3 Å². The molecule has 0 N–H and O–H groups in total. The van der Waals surface area contributed by atoms with E-state index in [-0.39, 0.29) is 29.4 Å². The zero-order chi connectivity index (χ0) is 19.1. The van der Waals surface area contributed by atoms with E-state index in [0.29, 0.717) is 5.56 Å². The molecule has 0 bridgehead atoms. The first-order valence-corrected chi connectivity index (χ1v) is 7.71. The number of halogens is 4. The quantitative estimate of drug-likeness (QED) is 0.663. The lowest BCUT2D eigenvalue weighted by atomic mass is 10.1. The zero-order valence-electron chi connectivity index (χ0n) is 14.0. The summed E-state index contributed by atoms with van der Waals surface area (Å²) in [4.78, 5) is 17.8. The predicted molar refractivity (Wildman–Crippen MR) is 88.0 cm³/mol. The van der Waals surface area contributed by atoms with E-state index in [1.165, 1.54) is 33.6 Å². The Bertz CT molecular complexity index is 976. The molecule has 1 amide bonds. The second kappa shape index (κ2) is 6.44. The van der Waals surface area contributed by atoms with Crippen LogP contribution in [0.4, 0.5) is 17.6 Å². The summed E-state index contributed by atoms with van der Waals surface area (Å²) >= 11 is 0. The van der Waals surface area contributed by atoms with Gasteiger partial charge in [0, 0.05) is 25.9 Å². The number of amides is 1. The molecule has 0 unspecified atom stereocenters. The molecule has 3 aromatic rings. The number of fused-ring (bicyclic) bond motifs is 1. The summed E-state index contributed by atoms with van der Waals surface area (Å²) < 4.78 is 54.0. The van der Waals surface area contributed by atoms with Gasteiger partial charge in [0.15, 0.2) is 0 Å². The van der Waals surface area contributed by atoms with Crippen LogP contribution in [0.2, 0.25) is 0 Å². The Balaban J connectivity index is 2.24. The average Bonchev–Trinajstić information content (AvgIpc) is 2.92. The highest BCUT2D eigenvalue weighted by molar-refractivity contribution is 5.81. The maximum Gasteiger partial charge on any atom is 0.417 e. The largest absolute Gasteiger partial charge is 0.417 e. The number of hydrogen-bond donors (Lipinski definition) is 0. The minimum absolute atomic E-state index is 0.165. The zero-order valence-corrected chi connectivity index (χ0v) is 14.0. The maximum absolute atomic E-state index is 13.6. The lowest BCUT2D eigenvalue weighted by Gasteiger charge is -2.12. The third kappa shape index (κ3) is 3.40. The molecule has 0 atom stereocenters. The number of imidazole rings is 1. The van der Waals surface area contributed by atoms with Gasteiger partial charge in [0.25, 0.3) is 0 Å². The Morgan fingerprint density at radius 1 is 1.19 bits per heavy atom. The van der Waals surface area contributed by atoms with Crippen molar-refractivity contribution in [3.05, 3.63) is 59.7 Å². The predicted octanol–water partition coefficient (Wildman–Crippen LogP) is 3.79. The second-order valence-corrected chi connectivity index (χ2v) is 6.03. The lowest BCUT2D eigenvalue weighted by Crippen LogP contribution is -2.24. The first kappa shape index (κ1) is 17.9. The van der Waals surface area contributed by atoms with Crippen molar-refractivity contribution in [3.63, 3.8) is 0 Å². The number of nitrogens with zero attached hydrogens (tertiary/aromatic N) is 3. The summed E-state index contributed by atoms with van der Waals surface area (Å²) in [5.74, 6) is -0.803. The molecular formula is C18H15F4N3O. The van der Waals surface area contributed by atoms with E-state index < -0.39 is 17.6 Å². The van der Waals surface area contributed by atoms with Crippen LogP contribution in [0.1, 0.15) is 11.3 Å². The molecule has 0 aliphatic heterocycles. The molecule has 0 fully saturated rings. The van der Waals surface area contributed by atoms with Crippen molar-refractivity contribution >= 4 is 11.6 Å². The van der Waals surface area contributed by atoms with Crippen molar-refractivity contribution in [3.8, 4) is 11.3 Å². The molecule has 4 nitrogen and oxygen atoms in total. The van der Waals surface area contributed by atoms with Gasteiger partial charge in [-0.05, 0) is 24.3 Å². The fourth-order valence-electron chi connectivity index (χ4n) is 2.60. The molecule has 2 heterocycles. The second-order valence-electron chi connectivity index (χ2n) is 6.03. The molecule has 0 aliphatic carbocycles. The number of benzene rings is 1. The maximum atomic E-state index is 13.6. The molecule has 3 rings (SSSR count). The molecule has 2 aromatic heterocycles. The van der Waals surface area contributed by atoms with E-state index in [0.717, 1.165) is 12.3 Å². The molecular weight excluding hydrogens is 350 g/mol. The first-order chi connectivity index (χ1) is 12.2. The minimum Gasteiger partial charge on any atom is -0.348 e. The summed E-state index contributed by atoms with van der Waals surface area (Å²) in [6, 6.07) is 7.72. The highest BCUT2D eigenvalue weighted by Gasteiger charge is 2.31. The number of alkyl halides is 3. The van der Waals surface area contributed by atoms with Crippen LogP contribution in [0.15, 0.2) is 42.6 Å². The Labute approximate surface area is 146 Å². The van der Waals surface area contributed by atoms with E-state index >= 15 is 0 Å². The van der Waals surface area contributed by atoms with Gasteiger partial charge < -0.3 is 9.30 Å². The molecule has 26 heavy (non-hydrogen) atoms. The summed E-state index contributed by atoms with van der Waals surface area (Å²) in [5, 5.41) is 0. The number of aromatic nitrogens is 2. The van der Waals surface area contributed by atoms with E-state index in [9.17, 15) is 22.4 Å². The third-order valence-electron chi connectivity index (χ3n) is 3.96. The number of likely N-dealkylation sites (N-methyl/N-ethyl adjacent to an activating group) is 1. The van der Waals surface area contributed by atoms with Gasteiger partial charge in [0.1, 0.15) is 11.5 Å². The molecule has 0 spiro atoms. The van der Waals surface area contributed by atoms with Crippen molar-refractivity contribution in [1.82, 2.24) is 14.3 Å². The Morgan fingerprint density at radius 3 is 2.54 bits per heavy atom. The van der Waals surface area contributed by atoms with E-state index in [1.807, 2.05) is 0 Å². The van der Waals surface area contributed by atoms with Gasteiger partial charge in [-0.3, -0.25) is 4.79 Å². The van der Waals surface area contributed by atoms with Crippen molar-refractivity contribution in [2.75, 3.05) is 14.1 Å². The molecule has 0 saturated heterocycles. The molecule has 0 aliphatic rings. The van der Waals surface area contributed by atoms with Gasteiger partial charge in [-0.15, -0.1) is 0 Å². The third-order valence-corrected chi connectivity index (χ3v) is 3.96. The van der Waals surface area contributed by atoms with Gasteiger partial charge in [0.05, 0.1) is 23.4 Å². The van der Waals surface area contributed by atoms with E-state index in [1.54, 1.807) is 20.2 Å². The normalized spacial score (nSPS) is 11.8. The number of pyridine rings is 1. The molecule has 8 heteroatoms. The van der Waals surface area contributed by atoms with Crippen LogP contribution in [0.3, 0.4) is 0 Å². The highest BCUT2D eigenvalue weighted by atomic mass is 19.4. The topological polar surface area (TPSA) is 37.6 Å². The fraction of sp³-hybridized carbons (Fsp3) is 0.222. The van der Waals surface area contributed by atoms with Crippen LogP contribution >= 0.6 is 0 Å². The first-order valence-electron chi connectivity index (χ1n) is 7.71. The number of carbonyl (C=O) groups excluding carboxylic acids is 1. The fourth-order valence-corrected chi connectivity index (χ4v) is 2.60. The number of carbonyl (C=O) groups is 1. The highest BCUT2D eigenvalue weighted by Crippen LogP contribution is 2.32. The molecule has 1 aromatic carbocycles. The van der Waals surface area contributed by atoms with E-state index in [4.69, 9.17) is 0 Å². The Hall–Kier alpha value is -2.90. The molecule has 0 saturated carbocycles. The number of rotatable bonds is 3. The summed E-state index contributed by atoms with van der Waals surface area (Å²) in [6.45, 7) is 0. The minimum atomic E-state index is -4.53. The summed E-state index contributed by atoms with van der Waals surface area (Å²) in [5.41, 5.74) is 0.337. The van der Waals surface area contributed by atoms with Gasteiger partial charge >= 0.3 is 6.18 Å². The van der Waals surface area contributed by atoms with Crippen LogP contribution in [-0.2, 0) is 17.4 Å². The summed E-state index contributed by atoms with van der Waals surface area (Å²) in [7, 11) is 3.10. The molecule has 136 valence electrons. The molecule has 0 radical (unpaired) electrons. The van der Waals surface area contributed by atoms with Crippen LogP contribution in [0, 0.1) is 5.82 Å². The van der Waals surface area contributed by atoms with Crippen molar-refractivity contribution in [2.45, 2.75) is 12.6 Å². The summed E-state index contributed by atoms with van der Waals surface area (Å²) in [6.07, 6.45) is -3.79. The Kier molecular flexibility index (Phi) is 4.43. The standard InChI is InChI=1S/C18H15F4N3O/c1-24(2)16(26)9-14-17(11-4-3-5-13(19)8-11)23-15-7-6-12(10-25(14)15)18(20,21)22/h3-8,10H,9H2,1-2H3. The van der Waals surface area contributed by atoms with Crippen LogP contribution < -0.4 is 0 Å². The van der Waals surface area contributed by atoms with Gasteiger partial charge in [-0.25, -0.2) is 9.37 Å². The van der Waals surface area contributed by atoms with Crippen LogP contribution in [0.5, 0.6) is 0 Å². The van der Waals surface area contributed by atoms with Gasteiger partial charge in [-0.2, -0.15) is 13.2 Å². The van der Waals surface area contributed by atoms with E-state index in [2.05, 4.69) is 4.98 Å². The Morgan fingerprint density at radius 2 is 1.92 bits per heavy atom. The van der Waals surface area contributed by atoms with Gasteiger partial charge in [0.2, 0.25) is 5.91 Å². The van der Waals surface area contributed by atoms with Crippen LogP contribution in [0.25, 0.3) is 16.9 Å². The SMILES string of the molecule is CN(C)C(=O)Cc1c(-c2cccc(F)c2)nc2ccc(C(F)(F)F)cn12. The van der Waals surface area contributed by atoms with Crippen molar-refractivity contribution in [1.29, 1.82) is 0 Å². The smallest absolute Gasteiger partial charge is 0.348 e. The van der Waals surface area contributed by atoms with Crippen molar-refractivity contribution < 1.29 is 22.4 Å². The number of hydrogen-bond acceptors (Lipinski definition) is 2. The monoisotopic (exact) mass is 365 g/mol.